The number of hydrogen-bond donors (Lipinski definition) is 2. The molecule has 0 heterocycles. The molecule has 0 saturated heterocycles. The number of carboxylic acids is 1. The summed E-state index contributed by atoms with van der Waals surface area (Å²) in [5, 5.41) is 11.0. The molecule has 35 heavy (non-hydrogen) atoms. The molecule has 0 spiro atoms. The van der Waals surface area contributed by atoms with Crippen LogP contribution in [0.25, 0.3) is 0 Å². The molecule has 0 aliphatic heterocycles. The SMILES string of the molecule is CCC/C=C\CCCCCCCC(=O)OC(CCCCCC)CCCCCCC(=O)NCC(=O)O. The number of unbranched alkanes of at least 4 members (excludes halogenated alkanes) is 12. The van der Waals surface area contributed by atoms with Crippen molar-refractivity contribution in [2.24, 2.45) is 0 Å². The highest BCUT2D eigenvalue weighted by Gasteiger charge is 2.14. The average molecular weight is 496 g/mol. The van der Waals surface area contributed by atoms with Gasteiger partial charge in [0.2, 0.25) is 5.91 Å². The molecule has 0 aliphatic rings. The normalized spacial score (nSPS) is 12.1. The lowest BCUT2D eigenvalue weighted by molar-refractivity contribution is -0.150. The van der Waals surface area contributed by atoms with E-state index in [1.165, 1.54) is 57.8 Å². The molecule has 1 unspecified atom stereocenters. The smallest absolute Gasteiger partial charge is 0.322 e. The van der Waals surface area contributed by atoms with Crippen molar-refractivity contribution in [3.8, 4) is 0 Å². The van der Waals surface area contributed by atoms with Crippen LogP contribution in [-0.4, -0.2) is 35.6 Å². The van der Waals surface area contributed by atoms with Gasteiger partial charge in [0.25, 0.3) is 0 Å². The molecule has 0 aliphatic carbocycles. The maximum Gasteiger partial charge on any atom is 0.322 e. The number of carbonyl (C=O) groups excluding carboxylic acids is 2. The number of esters is 1. The molecule has 2 N–H and O–H groups in total. The molecule has 0 aromatic heterocycles. The van der Waals surface area contributed by atoms with Crippen molar-refractivity contribution >= 4 is 17.8 Å². The van der Waals surface area contributed by atoms with E-state index < -0.39 is 5.97 Å². The van der Waals surface area contributed by atoms with Crippen molar-refractivity contribution in [2.75, 3.05) is 6.54 Å². The summed E-state index contributed by atoms with van der Waals surface area (Å²) >= 11 is 0. The highest BCUT2D eigenvalue weighted by atomic mass is 16.5. The van der Waals surface area contributed by atoms with Crippen molar-refractivity contribution in [1.29, 1.82) is 0 Å². The molecule has 6 nitrogen and oxygen atoms in total. The van der Waals surface area contributed by atoms with Crippen LogP contribution in [0.1, 0.15) is 142 Å². The van der Waals surface area contributed by atoms with E-state index in [0.717, 1.165) is 57.8 Å². The van der Waals surface area contributed by atoms with E-state index in [1.54, 1.807) is 0 Å². The largest absolute Gasteiger partial charge is 0.480 e. The Morgan fingerprint density at radius 1 is 0.714 bits per heavy atom. The molecule has 0 fully saturated rings. The van der Waals surface area contributed by atoms with Gasteiger partial charge in [0.05, 0.1) is 0 Å². The second-order valence-corrected chi connectivity index (χ2v) is 9.65. The monoisotopic (exact) mass is 495 g/mol. The first-order chi connectivity index (χ1) is 17.0. The number of rotatable bonds is 25. The van der Waals surface area contributed by atoms with Gasteiger partial charge in [-0.05, 0) is 57.8 Å². The molecule has 1 amide bonds. The van der Waals surface area contributed by atoms with Gasteiger partial charge in [0, 0.05) is 12.8 Å². The van der Waals surface area contributed by atoms with Crippen LogP contribution in [-0.2, 0) is 19.1 Å². The highest BCUT2D eigenvalue weighted by Crippen LogP contribution is 2.17. The Bertz CT molecular complexity index is 561. The minimum Gasteiger partial charge on any atom is -0.480 e. The van der Waals surface area contributed by atoms with E-state index in [-0.39, 0.29) is 24.5 Å². The van der Waals surface area contributed by atoms with Gasteiger partial charge in [-0.3, -0.25) is 14.4 Å². The standard InChI is InChI=1S/C29H53NO5/c1-3-5-7-9-10-11-12-13-14-20-24-29(34)35-26(21-17-8-6-4-2)22-18-15-16-19-23-27(31)30-25-28(32)33/h7,9,26H,3-6,8,10-25H2,1-2H3,(H,30,31)(H,32,33)/b9-7-. The third kappa shape index (κ3) is 25.1. The van der Waals surface area contributed by atoms with Gasteiger partial charge in [0.15, 0.2) is 0 Å². The first-order valence-electron chi connectivity index (χ1n) is 14.3. The number of aliphatic carboxylic acids is 1. The lowest BCUT2D eigenvalue weighted by atomic mass is 10.0. The van der Waals surface area contributed by atoms with Crippen molar-refractivity contribution in [3.05, 3.63) is 12.2 Å². The van der Waals surface area contributed by atoms with Crippen molar-refractivity contribution < 1.29 is 24.2 Å². The summed E-state index contributed by atoms with van der Waals surface area (Å²) in [5.74, 6) is -1.29. The fraction of sp³-hybridized carbons (Fsp3) is 0.828. The van der Waals surface area contributed by atoms with Crippen LogP contribution in [0.3, 0.4) is 0 Å². The first-order valence-corrected chi connectivity index (χ1v) is 14.3. The summed E-state index contributed by atoms with van der Waals surface area (Å²) < 4.78 is 5.84. The molecule has 204 valence electrons. The van der Waals surface area contributed by atoms with Crippen LogP contribution in [0.2, 0.25) is 0 Å². The molecule has 0 bridgehead atoms. The summed E-state index contributed by atoms with van der Waals surface area (Å²) in [6, 6.07) is 0. The molecule has 0 rings (SSSR count). The van der Waals surface area contributed by atoms with Crippen LogP contribution >= 0.6 is 0 Å². The van der Waals surface area contributed by atoms with Gasteiger partial charge >= 0.3 is 11.9 Å². The Morgan fingerprint density at radius 3 is 1.94 bits per heavy atom. The predicted octanol–water partition coefficient (Wildman–Crippen LogP) is 7.50. The summed E-state index contributed by atoms with van der Waals surface area (Å²) in [5.41, 5.74) is 0. The minimum absolute atomic E-state index is 0.00753. The summed E-state index contributed by atoms with van der Waals surface area (Å²) in [7, 11) is 0. The lowest BCUT2D eigenvalue weighted by Crippen LogP contribution is -2.28. The maximum absolute atomic E-state index is 12.4. The molecular weight excluding hydrogens is 442 g/mol. The number of carboxylic acid groups (broad SMARTS) is 1. The number of amides is 1. The van der Waals surface area contributed by atoms with E-state index in [4.69, 9.17) is 9.84 Å². The second kappa shape index (κ2) is 25.2. The van der Waals surface area contributed by atoms with E-state index >= 15 is 0 Å². The number of carbonyl (C=O) groups is 3. The van der Waals surface area contributed by atoms with Gasteiger partial charge < -0.3 is 15.2 Å². The van der Waals surface area contributed by atoms with Crippen molar-refractivity contribution in [1.82, 2.24) is 5.32 Å². The summed E-state index contributed by atoms with van der Waals surface area (Å²) in [6.07, 6.45) is 24.8. The molecular formula is C29H53NO5. The van der Waals surface area contributed by atoms with E-state index in [1.807, 2.05) is 0 Å². The molecule has 1 atom stereocenters. The first kappa shape index (κ1) is 33.1. The Labute approximate surface area is 214 Å². The van der Waals surface area contributed by atoms with Crippen LogP contribution in [0, 0.1) is 0 Å². The van der Waals surface area contributed by atoms with Crippen LogP contribution in [0.5, 0.6) is 0 Å². The third-order valence-corrected chi connectivity index (χ3v) is 6.17. The number of nitrogens with one attached hydrogen (secondary N) is 1. The Balaban J connectivity index is 4.01. The Kier molecular flexibility index (Phi) is 23.9. The zero-order valence-corrected chi connectivity index (χ0v) is 22.7. The molecule has 0 saturated carbocycles. The minimum atomic E-state index is -1.02. The molecule has 0 aromatic rings. The maximum atomic E-state index is 12.4. The molecule has 0 aromatic carbocycles. The van der Waals surface area contributed by atoms with Gasteiger partial charge in [-0.1, -0.05) is 83.8 Å². The number of ether oxygens (including phenoxy) is 1. The summed E-state index contributed by atoms with van der Waals surface area (Å²) in [6.45, 7) is 4.08. The van der Waals surface area contributed by atoms with Gasteiger partial charge in [-0.15, -0.1) is 0 Å². The molecule has 0 radical (unpaired) electrons. The van der Waals surface area contributed by atoms with Crippen molar-refractivity contribution in [3.63, 3.8) is 0 Å². The zero-order chi connectivity index (χ0) is 26.0. The number of allylic oxidation sites excluding steroid dienone is 2. The fourth-order valence-electron chi connectivity index (χ4n) is 4.04. The third-order valence-electron chi connectivity index (χ3n) is 6.17. The van der Waals surface area contributed by atoms with Gasteiger partial charge in [-0.2, -0.15) is 0 Å². The van der Waals surface area contributed by atoms with Crippen LogP contribution < -0.4 is 5.32 Å². The van der Waals surface area contributed by atoms with Crippen molar-refractivity contribution in [2.45, 2.75) is 148 Å². The van der Waals surface area contributed by atoms with Crippen LogP contribution in [0.15, 0.2) is 12.2 Å². The lowest BCUT2D eigenvalue weighted by Gasteiger charge is -2.18. The van der Waals surface area contributed by atoms with E-state index in [0.29, 0.717) is 12.8 Å². The van der Waals surface area contributed by atoms with E-state index in [2.05, 4.69) is 31.3 Å². The fourth-order valence-corrected chi connectivity index (χ4v) is 4.04. The average Bonchev–Trinajstić information content (AvgIpc) is 2.83. The summed E-state index contributed by atoms with van der Waals surface area (Å²) in [4.78, 5) is 34.4. The second-order valence-electron chi connectivity index (χ2n) is 9.65. The van der Waals surface area contributed by atoms with Gasteiger partial charge in [0.1, 0.15) is 12.6 Å². The number of hydrogen-bond acceptors (Lipinski definition) is 4. The van der Waals surface area contributed by atoms with Crippen LogP contribution in [0.4, 0.5) is 0 Å². The predicted molar refractivity (Wildman–Crippen MR) is 143 cm³/mol. The molecule has 6 heteroatoms. The van der Waals surface area contributed by atoms with E-state index in [9.17, 15) is 14.4 Å². The Hall–Kier alpha value is -1.85. The quantitative estimate of drug-likeness (QED) is 0.0777. The van der Waals surface area contributed by atoms with Gasteiger partial charge in [-0.25, -0.2) is 0 Å². The Morgan fingerprint density at radius 2 is 1.29 bits per heavy atom. The topological polar surface area (TPSA) is 92.7 Å². The highest BCUT2D eigenvalue weighted by molar-refractivity contribution is 5.80. The zero-order valence-electron chi connectivity index (χ0n) is 22.7.